The van der Waals surface area contributed by atoms with E-state index in [4.69, 9.17) is 6.33 Å². The number of hydrogen-bond donors (Lipinski definition) is 2. The fourth-order valence-corrected chi connectivity index (χ4v) is 11.5. The molecule has 0 atom stereocenters. The molecule has 28 heavy (non-hydrogen) atoms. The average molecular weight is 430 g/mol. The molecular formula is C22H26O4SiTi. The van der Waals surface area contributed by atoms with E-state index < -0.39 is 26.5 Å². The molecule has 0 saturated heterocycles. The van der Waals surface area contributed by atoms with Gasteiger partial charge in [-0.2, -0.15) is 0 Å². The van der Waals surface area contributed by atoms with Crippen molar-refractivity contribution < 1.29 is 31.8 Å². The molecule has 0 spiro atoms. The van der Waals surface area contributed by atoms with Crippen molar-refractivity contribution in [2.45, 2.75) is 19.8 Å². The summed E-state index contributed by atoms with van der Waals surface area (Å²) in [5.41, 5.74) is 0. The first kappa shape index (κ1) is 21.1. The summed E-state index contributed by atoms with van der Waals surface area (Å²) in [6.07, 6.45) is 1.67. The summed E-state index contributed by atoms with van der Waals surface area (Å²) in [6, 6.07) is 29.5. The summed E-state index contributed by atoms with van der Waals surface area (Å²) in [7, 11) is -3.16. The molecule has 2 N–H and O–H groups in total. The zero-order valence-corrected chi connectivity index (χ0v) is 18.6. The Labute approximate surface area is 172 Å². The minimum absolute atomic E-state index is 0.284. The third kappa shape index (κ3) is 4.88. The van der Waals surface area contributed by atoms with E-state index in [9.17, 15) is 7.38 Å². The van der Waals surface area contributed by atoms with Crippen molar-refractivity contribution in [2.24, 2.45) is 0 Å². The van der Waals surface area contributed by atoms with Crippen LogP contribution in [0.2, 0.25) is 0 Å². The van der Waals surface area contributed by atoms with E-state index in [1.807, 2.05) is 97.9 Å². The van der Waals surface area contributed by atoms with Gasteiger partial charge < -0.3 is 0 Å². The van der Waals surface area contributed by atoms with Crippen LogP contribution in [0.3, 0.4) is 0 Å². The Morgan fingerprint density at radius 2 is 1.11 bits per heavy atom. The SMILES string of the molecule is CCCC[O][Ti]([OH])([OH])[O][Si](c1ccccc1)(c1ccccc1)c1ccccc1. The van der Waals surface area contributed by atoms with Gasteiger partial charge in [-0.05, 0) is 0 Å². The van der Waals surface area contributed by atoms with Crippen molar-refractivity contribution in [1.82, 2.24) is 0 Å². The summed E-state index contributed by atoms with van der Waals surface area (Å²) in [6.45, 7) is 2.32. The van der Waals surface area contributed by atoms with Crippen LogP contribution in [0.4, 0.5) is 0 Å². The van der Waals surface area contributed by atoms with Gasteiger partial charge in [0.25, 0.3) is 0 Å². The Hall–Kier alpha value is -1.57. The molecule has 146 valence electrons. The monoisotopic (exact) mass is 430 g/mol. The first-order valence-electron chi connectivity index (χ1n) is 9.54. The fraction of sp³-hybridized carbons (Fsp3) is 0.182. The van der Waals surface area contributed by atoms with Gasteiger partial charge in [-0.1, -0.05) is 0 Å². The molecule has 0 unspecified atom stereocenters. The van der Waals surface area contributed by atoms with Crippen LogP contribution in [0.25, 0.3) is 0 Å². The average Bonchev–Trinajstić information content (AvgIpc) is 2.74. The molecular weight excluding hydrogens is 404 g/mol. The van der Waals surface area contributed by atoms with Crippen molar-refractivity contribution in [3.8, 4) is 0 Å². The maximum atomic E-state index is 10.8. The van der Waals surface area contributed by atoms with Crippen molar-refractivity contribution in [2.75, 3.05) is 6.61 Å². The van der Waals surface area contributed by atoms with Gasteiger partial charge in [-0.3, -0.25) is 0 Å². The fourth-order valence-electron chi connectivity index (χ4n) is 3.27. The summed E-state index contributed by atoms with van der Waals surface area (Å²) in [5.74, 6) is 0. The van der Waals surface area contributed by atoms with E-state index in [0.29, 0.717) is 0 Å². The van der Waals surface area contributed by atoms with Gasteiger partial charge in [0.15, 0.2) is 0 Å². The standard InChI is InChI=1S/C18H15OSi.C4H9O.2H2O.Ti/c19-20(16-10-4-1-5-11-16,17-12-6-2-7-13-17)18-14-8-3-9-15-18;1-2-3-4-5;;;/h1-15H;2-4H2,1H3;2*1H2;/q2*-1;;;+4/p-2. The van der Waals surface area contributed by atoms with Gasteiger partial charge in [-0.15, -0.1) is 0 Å². The van der Waals surface area contributed by atoms with Crippen LogP contribution in [0.1, 0.15) is 19.8 Å². The molecule has 0 aliphatic carbocycles. The normalized spacial score (nSPS) is 12.1. The van der Waals surface area contributed by atoms with Crippen LogP contribution < -0.4 is 15.6 Å². The van der Waals surface area contributed by atoms with Gasteiger partial charge in [0.2, 0.25) is 0 Å². The zero-order valence-electron chi connectivity index (χ0n) is 16.0. The second-order valence-electron chi connectivity index (χ2n) is 6.63. The van der Waals surface area contributed by atoms with Crippen LogP contribution in [-0.2, 0) is 24.5 Å². The molecule has 3 aromatic rings. The molecule has 0 aliphatic heterocycles. The maximum absolute atomic E-state index is 10.8. The summed E-state index contributed by atoms with van der Waals surface area (Å²) in [5, 5.41) is 2.85. The van der Waals surface area contributed by atoms with Crippen LogP contribution >= 0.6 is 0 Å². The molecule has 0 heterocycles. The van der Waals surface area contributed by atoms with Crippen LogP contribution in [0.5, 0.6) is 0 Å². The van der Waals surface area contributed by atoms with Gasteiger partial charge in [0, 0.05) is 0 Å². The third-order valence-electron chi connectivity index (χ3n) is 4.61. The second-order valence-corrected chi connectivity index (χ2v) is 13.1. The van der Waals surface area contributed by atoms with Gasteiger partial charge in [-0.25, -0.2) is 0 Å². The zero-order chi connectivity index (χ0) is 19.9. The van der Waals surface area contributed by atoms with Crippen molar-refractivity contribution >= 4 is 23.9 Å². The molecule has 0 aromatic heterocycles. The molecule has 0 fully saturated rings. The van der Waals surface area contributed by atoms with Crippen LogP contribution in [0, 0.1) is 0 Å². The minimum atomic E-state index is -4.95. The Kier molecular flexibility index (Phi) is 7.37. The second kappa shape index (κ2) is 9.76. The number of benzene rings is 3. The van der Waals surface area contributed by atoms with E-state index in [2.05, 4.69) is 0 Å². The molecule has 0 saturated carbocycles. The number of unbranched alkanes of at least 4 members (excludes halogenated alkanes) is 1. The van der Waals surface area contributed by atoms with Crippen molar-refractivity contribution in [3.63, 3.8) is 0 Å². The van der Waals surface area contributed by atoms with E-state index in [0.717, 1.165) is 28.4 Å². The molecule has 3 aromatic carbocycles. The summed E-state index contributed by atoms with van der Waals surface area (Å²) in [4.78, 5) is 0. The van der Waals surface area contributed by atoms with Crippen molar-refractivity contribution in [3.05, 3.63) is 91.0 Å². The first-order chi connectivity index (χ1) is 13.6. The Morgan fingerprint density at radius 1 is 0.714 bits per heavy atom. The predicted molar refractivity (Wildman–Crippen MR) is 110 cm³/mol. The molecule has 0 amide bonds. The predicted octanol–water partition coefficient (Wildman–Crippen LogP) is 2.29. The number of rotatable bonds is 9. The molecule has 0 aliphatic rings. The molecule has 4 nitrogen and oxygen atoms in total. The van der Waals surface area contributed by atoms with E-state index >= 15 is 0 Å². The molecule has 0 bridgehead atoms. The molecule has 0 radical (unpaired) electrons. The van der Waals surface area contributed by atoms with E-state index in [1.165, 1.54) is 0 Å². The quantitative estimate of drug-likeness (QED) is 0.311. The van der Waals surface area contributed by atoms with Gasteiger partial charge >= 0.3 is 173 Å². The topological polar surface area (TPSA) is 58.9 Å². The van der Waals surface area contributed by atoms with Gasteiger partial charge in [0.05, 0.1) is 0 Å². The van der Waals surface area contributed by atoms with Crippen LogP contribution in [-0.4, -0.2) is 22.3 Å². The first-order valence-corrected chi connectivity index (χ1v) is 14.1. The van der Waals surface area contributed by atoms with Crippen molar-refractivity contribution in [1.29, 1.82) is 0 Å². The Bertz CT molecular complexity index is 748. The Balaban J connectivity index is 2.17. The molecule has 3 rings (SSSR count). The molecule has 6 heteroatoms. The van der Waals surface area contributed by atoms with Gasteiger partial charge in [0.1, 0.15) is 0 Å². The third-order valence-corrected chi connectivity index (χ3v) is 12.2. The summed E-state index contributed by atoms with van der Waals surface area (Å²) < 4.78 is 33.4. The Morgan fingerprint density at radius 3 is 1.46 bits per heavy atom. The van der Waals surface area contributed by atoms with E-state index in [1.54, 1.807) is 0 Å². The summed E-state index contributed by atoms with van der Waals surface area (Å²) >= 11 is -4.95. The van der Waals surface area contributed by atoms with Crippen LogP contribution in [0.15, 0.2) is 91.0 Å². The number of hydrogen-bond acceptors (Lipinski definition) is 4. The van der Waals surface area contributed by atoms with E-state index in [-0.39, 0.29) is 6.61 Å².